The molecule has 22 heavy (non-hydrogen) atoms. The van der Waals surface area contributed by atoms with Gasteiger partial charge < -0.3 is 9.30 Å². The highest BCUT2D eigenvalue weighted by atomic mass is 16.2. The Morgan fingerprint density at radius 3 is 2.82 bits per heavy atom. The molecule has 0 bridgehead atoms. The molecule has 1 aliphatic rings. The second-order valence-electron chi connectivity index (χ2n) is 5.94. The van der Waals surface area contributed by atoms with Gasteiger partial charge >= 0.3 is 0 Å². The fourth-order valence-electron chi connectivity index (χ4n) is 2.97. The summed E-state index contributed by atoms with van der Waals surface area (Å²) in [4.78, 5) is 20.9. The van der Waals surface area contributed by atoms with E-state index in [-0.39, 0.29) is 0 Å². The number of imidazole rings is 1. The van der Waals surface area contributed by atoms with Crippen LogP contribution in [0, 0.1) is 0 Å². The van der Waals surface area contributed by atoms with Gasteiger partial charge in [-0.15, -0.1) is 0 Å². The van der Waals surface area contributed by atoms with E-state index in [0.29, 0.717) is 12.3 Å². The zero-order valence-corrected chi connectivity index (χ0v) is 13.2. The predicted molar refractivity (Wildman–Crippen MR) is 86.6 cm³/mol. The molecule has 1 fully saturated rings. The molecule has 3 heterocycles. The second kappa shape index (κ2) is 6.92. The minimum atomic E-state index is 0.316. The van der Waals surface area contributed by atoms with Crippen LogP contribution in [0.25, 0.3) is 5.65 Å². The first-order valence-electron chi connectivity index (χ1n) is 8.19. The number of carbonyl (C=O) groups excluding carboxylic acids is 1. The van der Waals surface area contributed by atoms with E-state index in [2.05, 4.69) is 27.4 Å². The van der Waals surface area contributed by atoms with E-state index >= 15 is 0 Å². The van der Waals surface area contributed by atoms with Crippen molar-refractivity contribution >= 4 is 11.6 Å². The van der Waals surface area contributed by atoms with E-state index in [4.69, 9.17) is 0 Å². The third-order valence-electron chi connectivity index (χ3n) is 4.35. The van der Waals surface area contributed by atoms with Crippen LogP contribution in [-0.2, 0) is 11.3 Å². The standard InChI is InChI=1S/C17H24N4O/c1-2-3-7-17(22)20-11-9-19(10-12-20)14-15-13-18-16-6-4-5-8-21(15)16/h4-6,8,13H,2-3,7,9-12,14H2,1H3. The number of carbonyl (C=O) groups is 1. The zero-order chi connectivity index (χ0) is 15.4. The van der Waals surface area contributed by atoms with E-state index in [0.717, 1.165) is 51.2 Å². The molecule has 0 aliphatic carbocycles. The number of pyridine rings is 1. The van der Waals surface area contributed by atoms with Crippen LogP contribution in [0.2, 0.25) is 0 Å². The summed E-state index contributed by atoms with van der Waals surface area (Å²) in [6.45, 7) is 6.59. The summed E-state index contributed by atoms with van der Waals surface area (Å²) in [5.74, 6) is 0.316. The van der Waals surface area contributed by atoms with Crippen LogP contribution in [0.15, 0.2) is 30.6 Å². The minimum absolute atomic E-state index is 0.316. The summed E-state index contributed by atoms with van der Waals surface area (Å²) in [6, 6.07) is 6.06. The van der Waals surface area contributed by atoms with Gasteiger partial charge in [0.25, 0.3) is 0 Å². The average Bonchev–Trinajstić information content (AvgIpc) is 2.96. The Labute approximate surface area is 131 Å². The van der Waals surface area contributed by atoms with Crippen LogP contribution in [0.3, 0.4) is 0 Å². The summed E-state index contributed by atoms with van der Waals surface area (Å²) < 4.78 is 2.14. The van der Waals surface area contributed by atoms with Gasteiger partial charge in [0.1, 0.15) is 5.65 Å². The van der Waals surface area contributed by atoms with Gasteiger partial charge in [-0.2, -0.15) is 0 Å². The average molecular weight is 300 g/mol. The molecule has 0 atom stereocenters. The van der Waals surface area contributed by atoms with Gasteiger partial charge in [-0.05, 0) is 18.6 Å². The van der Waals surface area contributed by atoms with E-state index in [9.17, 15) is 4.79 Å². The van der Waals surface area contributed by atoms with E-state index in [1.807, 2.05) is 29.3 Å². The maximum Gasteiger partial charge on any atom is 0.222 e. The summed E-state index contributed by atoms with van der Waals surface area (Å²) in [5.41, 5.74) is 2.20. The number of rotatable bonds is 5. The Hall–Kier alpha value is -1.88. The fraction of sp³-hybridized carbons (Fsp3) is 0.529. The first kappa shape index (κ1) is 15.0. The second-order valence-corrected chi connectivity index (χ2v) is 5.94. The molecule has 5 heteroatoms. The lowest BCUT2D eigenvalue weighted by molar-refractivity contribution is -0.133. The molecule has 2 aromatic rings. The van der Waals surface area contributed by atoms with E-state index in [1.54, 1.807) is 0 Å². The maximum atomic E-state index is 12.0. The minimum Gasteiger partial charge on any atom is -0.340 e. The van der Waals surface area contributed by atoms with Crippen LogP contribution in [0.5, 0.6) is 0 Å². The first-order chi connectivity index (χ1) is 10.8. The summed E-state index contributed by atoms with van der Waals surface area (Å²) in [6.07, 6.45) is 6.79. The third-order valence-corrected chi connectivity index (χ3v) is 4.35. The number of piperazine rings is 1. The number of aromatic nitrogens is 2. The number of hydrogen-bond acceptors (Lipinski definition) is 3. The summed E-state index contributed by atoms with van der Waals surface area (Å²) >= 11 is 0. The fourth-order valence-corrected chi connectivity index (χ4v) is 2.97. The van der Waals surface area contributed by atoms with Gasteiger partial charge in [0, 0.05) is 45.3 Å². The molecular formula is C17H24N4O. The highest BCUT2D eigenvalue weighted by molar-refractivity contribution is 5.76. The molecule has 118 valence electrons. The largest absolute Gasteiger partial charge is 0.340 e. The van der Waals surface area contributed by atoms with E-state index < -0.39 is 0 Å². The lowest BCUT2D eigenvalue weighted by atomic mass is 10.2. The molecule has 1 aliphatic heterocycles. The van der Waals surface area contributed by atoms with Crippen LogP contribution < -0.4 is 0 Å². The van der Waals surface area contributed by atoms with Gasteiger partial charge in [-0.3, -0.25) is 9.69 Å². The number of hydrogen-bond donors (Lipinski definition) is 0. The van der Waals surface area contributed by atoms with Crippen molar-refractivity contribution in [3.05, 3.63) is 36.3 Å². The monoisotopic (exact) mass is 300 g/mol. The lowest BCUT2D eigenvalue weighted by Crippen LogP contribution is -2.48. The number of unbranched alkanes of at least 4 members (excludes halogenated alkanes) is 1. The van der Waals surface area contributed by atoms with Gasteiger partial charge in [0.05, 0.1) is 11.9 Å². The highest BCUT2D eigenvalue weighted by Crippen LogP contribution is 2.12. The third kappa shape index (κ3) is 3.30. The van der Waals surface area contributed by atoms with Crippen LogP contribution in [0.1, 0.15) is 31.9 Å². The number of fused-ring (bicyclic) bond motifs is 1. The lowest BCUT2D eigenvalue weighted by Gasteiger charge is -2.34. The first-order valence-corrected chi connectivity index (χ1v) is 8.19. The Kier molecular flexibility index (Phi) is 4.73. The van der Waals surface area contributed by atoms with Crippen LogP contribution in [0.4, 0.5) is 0 Å². The number of nitrogens with zero attached hydrogens (tertiary/aromatic N) is 4. The Balaban J connectivity index is 1.55. The molecule has 3 rings (SSSR count). The van der Waals surface area contributed by atoms with Crippen molar-refractivity contribution in [2.45, 2.75) is 32.7 Å². The molecule has 1 saturated heterocycles. The van der Waals surface area contributed by atoms with Crippen molar-refractivity contribution in [3.8, 4) is 0 Å². The van der Waals surface area contributed by atoms with Crippen molar-refractivity contribution < 1.29 is 4.79 Å². The molecule has 1 amide bonds. The van der Waals surface area contributed by atoms with Crippen LogP contribution >= 0.6 is 0 Å². The topological polar surface area (TPSA) is 40.9 Å². The summed E-state index contributed by atoms with van der Waals surface area (Å²) in [7, 11) is 0. The summed E-state index contributed by atoms with van der Waals surface area (Å²) in [5, 5.41) is 0. The normalized spacial score (nSPS) is 16.3. The molecule has 0 unspecified atom stereocenters. The maximum absolute atomic E-state index is 12.0. The van der Waals surface area contributed by atoms with E-state index in [1.165, 1.54) is 5.69 Å². The Morgan fingerprint density at radius 1 is 1.23 bits per heavy atom. The molecule has 2 aromatic heterocycles. The van der Waals surface area contributed by atoms with Gasteiger partial charge in [0.15, 0.2) is 0 Å². The molecule has 0 radical (unpaired) electrons. The molecule has 0 saturated carbocycles. The van der Waals surface area contributed by atoms with Crippen molar-refractivity contribution in [1.82, 2.24) is 19.2 Å². The molecule has 0 aromatic carbocycles. The van der Waals surface area contributed by atoms with Crippen molar-refractivity contribution in [1.29, 1.82) is 0 Å². The van der Waals surface area contributed by atoms with Gasteiger partial charge in [0.2, 0.25) is 5.91 Å². The van der Waals surface area contributed by atoms with Crippen molar-refractivity contribution in [2.75, 3.05) is 26.2 Å². The van der Waals surface area contributed by atoms with Crippen LogP contribution in [-0.4, -0.2) is 51.3 Å². The SMILES string of the molecule is CCCCC(=O)N1CCN(Cc2cnc3ccccn23)CC1. The van der Waals surface area contributed by atoms with Gasteiger partial charge in [-0.25, -0.2) is 4.98 Å². The van der Waals surface area contributed by atoms with Crippen molar-refractivity contribution in [3.63, 3.8) is 0 Å². The zero-order valence-electron chi connectivity index (χ0n) is 13.2. The van der Waals surface area contributed by atoms with Gasteiger partial charge in [-0.1, -0.05) is 19.4 Å². The predicted octanol–water partition coefficient (Wildman–Crippen LogP) is 2.17. The molecule has 0 N–H and O–H groups in total. The Bertz CT molecular complexity index is 628. The molecular weight excluding hydrogens is 276 g/mol. The Morgan fingerprint density at radius 2 is 2.05 bits per heavy atom. The highest BCUT2D eigenvalue weighted by Gasteiger charge is 2.21. The smallest absolute Gasteiger partial charge is 0.222 e. The molecule has 5 nitrogen and oxygen atoms in total. The number of amides is 1. The van der Waals surface area contributed by atoms with Crippen molar-refractivity contribution in [2.24, 2.45) is 0 Å². The quantitative estimate of drug-likeness (QED) is 0.850. The molecule has 0 spiro atoms.